The molecule has 1 unspecified atom stereocenters. The molecule has 0 aliphatic rings. The smallest absolute Gasteiger partial charge is 0.225 e. The topological polar surface area (TPSA) is 77.9 Å². The number of benzene rings is 1. The molecule has 0 spiro atoms. The van der Waals surface area contributed by atoms with E-state index in [1.807, 2.05) is 37.3 Å². The molecule has 1 atom stereocenters. The minimum Gasteiger partial charge on any atom is -0.355 e. The van der Waals surface area contributed by atoms with Crippen molar-refractivity contribution in [2.75, 3.05) is 13.1 Å². The van der Waals surface area contributed by atoms with Crippen molar-refractivity contribution in [3.63, 3.8) is 0 Å². The number of carbonyl (C=O) groups excluding carboxylic acids is 1. The van der Waals surface area contributed by atoms with Crippen LogP contribution in [-0.2, 0) is 4.79 Å². The first-order chi connectivity index (χ1) is 7.74. The second-order valence-electron chi connectivity index (χ2n) is 3.50. The van der Waals surface area contributed by atoms with Gasteiger partial charge in [-0.3, -0.25) is 4.79 Å². The number of rotatable bonds is 5. The van der Waals surface area contributed by atoms with Crippen molar-refractivity contribution in [2.45, 2.75) is 12.8 Å². The molecule has 1 aromatic carbocycles. The fourth-order valence-electron chi connectivity index (χ4n) is 1.32. The van der Waals surface area contributed by atoms with E-state index in [1.165, 1.54) is 5.56 Å². The number of nitrogens with zero attached hydrogens (tertiary/aromatic N) is 3. The third-order valence-corrected chi connectivity index (χ3v) is 2.25. The maximum Gasteiger partial charge on any atom is 0.225 e. The Hall–Kier alpha value is -2.00. The third-order valence-electron chi connectivity index (χ3n) is 2.25. The van der Waals surface area contributed by atoms with Crippen molar-refractivity contribution in [3.05, 3.63) is 46.3 Å². The van der Waals surface area contributed by atoms with Gasteiger partial charge < -0.3 is 5.32 Å². The van der Waals surface area contributed by atoms with E-state index in [4.69, 9.17) is 5.53 Å². The molecule has 84 valence electrons. The summed E-state index contributed by atoms with van der Waals surface area (Å²) in [6.45, 7) is 2.44. The molecule has 0 radical (unpaired) electrons. The zero-order chi connectivity index (χ0) is 11.8. The van der Waals surface area contributed by atoms with E-state index in [9.17, 15) is 4.79 Å². The molecule has 0 heterocycles. The minimum absolute atomic E-state index is 0.141. The predicted octanol–water partition coefficient (Wildman–Crippen LogP) is 2.22. The fourth-order valence-corrected chi connectivity index (χ4v) is 1.32. The van der Waals surface area contributed by atoms with Gasteiger partial charge in [0.2, 0.25) is 5.91 Å². The predicted molar refractivity (Wildman–Crippen MR) is 61.9 cm³/mol. The van der Waals surface area contributed by atoms with Gasteiger partial charge in [-0.1, -0.05) is 42.4 Å². The molecule has 5 nitrogen and oxygen atoms in total. The lowest BCUT2D eigenvalue weighted by Gasteiger charge is -2.12. The summed E-state index contributed by atoms with van der Waals surface area (Å²) in [6, 6.07) is 9.92. The Morgan fingerprint density at radius 1 is 1.50 bits per heavy atom. The molecule has 1 N–H and O–H groups in total. The van der Waals surface area contributed by atoms with Crippen LogP contribution in [0.5, 0.6) is 0 Å². The van der Waals surface area contributed by atoms with Gasteiger partial charge in [0, 0.05) is 11.5 Å². The molecule has 5 heteroatoms. The normalized spacial score (nSPS) is 11.3. The highest BCUT2D eigenvalue weighted by molar-refractivity contribution is 5.78. The van der Waals surface area contributed by atoms with E-state index in [2.05, 4.69) is 15.3 Å². The summed E-state index contributed by atoms with van der Waals surface area (Å²) < 4.78 is 0. The Labute approximate surface area is 94.1 Å². The third kappa shape index (κ3) is 4.02. The van der Waals surface area contributed by atoms with Crippen molar-refractivity contribution in [1.29, 1.82) is 0 Å². The Morgan fingerprint density at radius 2 is 2.19 bits per heavy atom. The molecular formula is C11H14N4O. The standard InChI is InChI=1S/C11H14N4O/c1-9(10-5-3-2-4-6-10)7-13-11(16)8-14-15-12/h2-6,9H,7-8H2,1H3,(H,13,16). The number of amides is 1. The minimum atomic E-state index is -0.249. The van der Waals surface area contributed by atoms with Gasteiger partial charge in [0.05, 0.1) is 0 Å². The molecule has 0 saturated carbocycles. The van der Waals surface area contributed by atoms with Crippen LogP contribution in [0.25, 0.3) is 10.4 Å². The van der Waals surface area contributed by atoms with Crippen molar-refractivity contribution < 1.29 is 4.79 Å². The largest absolute Gasteiger partial charge is 0.355 e. The first kappa shape index (κ1) is 12.1. The number of nitrogens with one attached hydrogen (secondary N) is 1. The van der Waals surface area contributed by atoms with Gasteiger partial charge in [-0.2, -0.15) is 0 Å². The summed E-state index contributed by atoms with van der Waals surface area (Å²) in [5.74, 6) is -0.00297. The van der Waals surface area contributed by atoms with E-state index in [0.717, 1.165) is 0 Å². The van der Waals surface area contributed by atoms with Crippen LogP contribution >= 0.6 is 0 Å². The number of hydrogen-bond donors (Lipinski definition) is 1. The summed E-state index contributed by atoms with van der Waals surface area (Å²) in [4.78, 5) is 13.7. The average Bonchev–Trinajstić information content (AvgIpc) is 2.34. The molecular weight excluding hydrogens is 204 g/mol. The highest BCUT2D eigenvalue weighted by Gasteiger charge is 2.06. The highest BCUT2D eigenvalue weighted by atomic mass is 16.1. The zero-order valence-corrected chi connectivity index (χ0v) is 9.13. The van der Waals surface area contributed by atoms with Gasteiger partial charge in [0.15, 0.2) is 0 Å². The van der Waals surface area contributed by atoms with E-state index in [1.54, 1.807) is 0 Å². The summed E-state index contributed by atoms with van der Waals surface area (Å²) in [5.41, 5.74) is 9.22. The fraction of sp³-hybridized carbons (Fsp3) is 0.364. The van der Waals surface area contributed by atoms with E-state index >= 15 is 0 Å². The van der Waals surface area contributed by atoms with Crippen LogP contribution in [0.1, 0.15) is 18.4 Å². The average molecular weight is 218 g/mol. The van der Waals surface area contributed by atoms with Gasteiger partial charge in [-0.25, -0.2) is 0 Å². The molecule has 0 aliphatic carbocycles. The van der Waals surface area contributed by atoms with Crippen molar-refractivity contribution in [3.8, 4) is 0 Å². The first-order valence-electron chi connectivity index (χ1n) is 5.06. The monoisotopic (exact) mass is 218 g/mol. The molecule has 0 aliphatic heterocycles. The first-order valence-corrected chi connectivity index (χ1v) is 5.06. The van der Waals surface area contributed by atoms with E-state index in [0.29, 0.717) is 6.54 Å². The SMILES string of the molecule is CC(CNC(=O)CN=[N+]=[N-])c1ccccc1. The maximum absolute atomic E-state index is 11.2. The van der Waals surface area contributed by atoms with Crippen molar-refractivity contribution in [1.82, 2.24) is 5.32 Å². The van der Waals surface area contributed by atoms with Gasteiger partial charge >= 0.3 is 0 Å². The molecule has 0 aromatic heterocycles. The highest BCUT2D eigenvalue weighted by Crippen LogP contribution is 2.12. The van der Waals surface area contributed by atoms with Crippen LogP contribution in [0.3, 0.4) is 0 Å². The van der Waals surface area contributed by atoms with Gasteiger partial charge in [-0.15, -0.1) is 0 Å². The van der Waals surface area contributed by atoms with Gasteiger partial charge in [0.25, 0.3) is 0 Å². The molecule has 0 bridgehead atoms. The van der Waals surface area contributed by atoms with Crippen LogP contribution in [0.2, 0.25) is 0 Å². The van der Waals surface area contributed by atoms with Crippen molar-refractivity contribution >= 4 is 5.91 Å². The lowest BCUT2D eigenvalue weighted by Crippen LogP contribution is -2.29. The Kier molecular flexibility index (Phi) is 4.89. The van der Waals surface area contributed by atoms with E-state index in [-0.39, 0.29) is 18.4 Å². The summed E-state index contributed by atoms with van der Waals surface area (Å²) in [5, 5.41) is 5.90. The molecule has 16 heavy (non-hydrogen) atoms. The quantitative estimate of drug-likeness (QED) is 0.459. The maximum atomic E-state index is 11.2. The van der Waals surface area contributed by atoms with Crippen LogP contribution in [0, 0.1) is 0 Å². The molecule has 0 fully saturated rings. The Morgan fingerprint density at radius 3 is 2.81 bits per heavy atom. The van der Waals surface area contributed by atoms with E-state index < -0.39 is 0 Å². The molecule has 1 rings (SSSR count). The van der Waals surface area contributed by atoms with Crippen LogP contribution in [0.4, 0.5) is 0 Å². The van der Waals surface area contributed by atoms with Crippen LogP contribution in [-0.4, -0.2) is 19.0 Å². The van der Waals surface area contributed by atoms with Crippen LogP contribution < -0.4 is 5.32 Å². The Bertz CT molecular complexity index is 384. The molecule has 1 amide bonds. The zero-order valence-electron chi connectivity index (χ0n) is 9.13. The van der Waals surface area contributed by atoms with Gasteiger partial charge in [0.1, 0.15) is 6.54 Å². The number of carbonyl (C=O) groups is 1. The second kappa shape index (κ2) is 6.48. The summed E-state index contributed by atoms with van der Waals surface area (Å²) >= 11 is 0. The van der Waals surface area contributed by atoms with Gasteiger partial charge in [-0.05, 0) is 17.0 Å². The number of azide groups is 1. The summed E-state index contributed by atoms with van der Waals surface area (Å²) in [7, 11) is 0. The number of hydrogen-bond acceptors (Lipinski definition) is 2. The van der Waals surface area contributed by atoms with Crippen LogP contribution in [0.15, 0.2) is 35.4 Å². The lowest BCUT2D eigenvalue weighted by atomic mass is 10.0. The second-order valence-corrected chi connectivity index (χ2v) is 3.50. The summed E-state index contributed by atoms with van der Waals surface area (Å²) in [6.07, 6.45) is 0. The molecule has 1 aromatic rings. The Balaban J connectivity index is 2.38. The lowest BCUT2D eigenvalue weighted by molar-refractivity contribution is -0.119. The molecule has 0 saturated heterocycles. The van der Waals surface area contributed by atoms with Crippen molar-refractivity contribution in [2.24, 2.45) is 5.11 Å².